The number of hydrogen-bond donors (Lipinski definition) is 1. The molecule has 0 atom stereocenters. The Morgan fingerprint density at radius 2 is 1.92 bits per heavy atom. The summed E-state index contributed by atoms with van der Waals surface area (Å²) in [6.45, 7) is 4.45. The van der Waals surface area contributed by atoms with E-state index in [1.165, 1.54) is 6.07 Å². The molecular weight excluding hydrogens is 343 g/mol. The van der Waals surface area contributed by atoms with Gasteiger partial charge in [0.05, 0.1) is 11.5 Å². The molecule has 1 saturated heterocycles. The summed E-state index contributed by atoms with van der Waals surface area (Å²) in [4.78, 5) is 12.9. The number of alkyl halides is 3. The molecule has 26 heavy (non-hydrogen) atoms. The summed E-state index contributed by atoms with van der Waals surface area (Å²) in [6, 6.07) is 9.91. The first-order valence-electron chi connectivity index (χ1n) is 8.49. The molecule has 1 N–H and O–H groups in total. The van der Waals surface area contributed by atoms with Crippen molar-refractivity contribution < 1.29 is 23.1 Å². The third-order valence-corrected chi connectivity index (χ3v) is 4.80. The van der Waals surface area contributed by atoms with Gasteiger partial charge in [-0.05, 0) is 53.8 Å². The Hall–Kier alpha value is -2.50. The van der Waals surface area contributed by atoms with Crippen LogP contribution in [0.5, 0.6) is 0 Å². The zero-order valence-corrected chi connectivity index (χ0v) is 14.6. The molecular formula is C20H20F3NO2. The highest BCUT2D eigenvalue weighted by Crippen LogP contribution is 2.38. The van der Waals surface area contributed by atoms with Crippen LogP contribution >= 0.6 is 0 Å². The molecule has 0 radical (unpaired) electrons. The number of carbonyl (C=O) groups is 1. The molecule has 1 fully saturated rings. The number of hydrogen-bond acceptors (Lipinski definition) is 2. The average molecular weight is 363 g/mol. The van der Waals surface area contributed by atoms with Crippen molar-refractivity contribution in [3.05, 3.63) is 53.1 Å². The second-order valence-corrected chi connectivity index (χ2v) is 6.68. The van der Waals surface area contributed by atoms with Crippen LogP contribution in [0.25, 0.3) is 11.1 Å². The first-order chi connectivity index (χ1) is 12.2. The van der Waals surface area contributed by atoms with Crippen LogP contribution in [-0.2, 0) is 17.4 Å². The number of halogens is 3. The van der Waals surface area contributed by atoms with Gasteiger partial charge in [-0.3, -0.25) is 4.79 Å². The molecule has 3 rings (SSSR count). The minimum atomic E-state index is -4.39. The second kappa shape index (κ2) is 6.67. The van der Waals surface area contributed by atoms with Crippen LogP contribution in [0, 0.1) is 12.8 Å². The minimum absolute atomic E-state index is 0.277. The van der Waals surface area contributed by atoms with Crippen molar-refractivity contribution >= 4 is 11.7 Å². The van der Waals surface area contributed by atoms with E-state index >= 15 is 0 Å². The summed E-state index contributed by atoms with van der Waals surface area (Å²) in [5, 5.41) is 9.03. The topological polar surface area (TPSA) is 40.5 Å². The van der Waals surface area contributed by atoms with Gasteiger partial charge in [-0.1, -0.05) is 25.1 Å². The maximum Gasteiger partial charge on any atom is 0.416 e. The fourth-order valence-electron chi connectivity index (χ4n) is 3.45. The van der Waals surface area contributed by atoms with Gasteiger partial charge in [0.15, 0.2) is 0 Å². The lowest BCUT2D eigenvalue weighted by Gasteiger charge is -2.39. The van der Waals surface area contributed by atoms with Crippen molar-refractivity contribution in [1.29, 1.82) is 0 Å². The number of carboxylic acids is 1. The van der Waals surface area contributed by atoms with Gasteiger partial charge in [0.25, 0.3) is 0 Å². The standard InChI is InChI=1S/C20H20F3NO2/c1-3-16-17(5-4-6-18(16)20(21,22)23)13-7-12(2)8-15(9-13)24-10-14(11-24)19(25)26/h4-9,14H,3,10-11H2,1-2H3,(H,25,26). The Kier molecular flexibility index (Phi) is 4.69. The van der Waals surface area contributed by atoms with Crippen molar-refractivity contribution in [1.82, 2.24) is 0 Å². The minimum Gasteiger partial charge on any atom is -0.481 e. The Morgan fingerprint density at radius 1 is 1.23 bits per heavy atom. The van der Waals surface area contributed by atoms with Gasteiger partial charge in [0, 0.05) is 18.8 Å². The molecule has 0 aromatic heterocycles. The molecule has 0 spiro atoms. The summed E-state index contributed by atoms with van der Waals surface area (Å²) in [7, 11) is 0. The van der Waals surface area contributed by atoms with E-state index in [0.29, 0.717) is 18.7 Å². The first kappa shape index (κ1) is 18.3. The predicted molar refractivity (Wildman–Crippen MR) is 94.3 cm³/mol. The van der Waals surface area contributed by atoms with Gasteiger partial charge in [-0.25, -0.2) is 0 Å². The highest BCUT2D eigenvalue weighted by Gasteiger charge is 2.34. The van der Waals surface area contributed by atoms with Crippen LogP contribution in [0.15, 0.2) is 36.4 Å². The Labute approximate surface area is 150 Å². The van der Waals surface area contributed by atoms with Gasteiger partial charge in [0.2, 0.25) is 0 Å². The molecule has 6 heteroatoms. The summed E-state index contributed by atoms with van der Waals surface area (Å²) in [5.41, 5.74) is 2.75. The van der Waals surface area contributed by atoms with Crippen LogP contribution in [0.4, 0.5) is 18.9 Å². The molecule has 0 unspecified atom stereocenters. The SMILES string of the molecule is CCc1c(-c2cc(C)cc(N3CC(C(=O)O)C3)c2)cccc1C(F)(F)F. The number of anilines is 1. The summed E-state index contributed by atoms with van der Waals surface area (Å²) in [6.07, 6.45) is -4.11. The lowest BCUT2D eigenvalue weighted by Crippen LogP contribution is -2.50. The molecule has 0 saturated carbocycles. The van der Waals surface area contributed by atoms with Gasteiger partial charge in [-0.2, -0.15) is 13.2 Å². The maximum atomic E-state index is 13.3. The Morgan fingerprint density at radius 3 is 2.50 bits per heavy atom. The molecule has 1 aliphatic heterocycles. The highest BCUT2D eigenvalue weighted by atomic mass is 19.4. The van der Waals surface area contributed by atoms with Gasteiger partial charge < -0.3 is 10.0 Å². The number of rotatable bonds is 4. The molecule has 1 heterocycles. The maximum absolute atomic E-state index is 13.3. The van der Waals surface area contributed by atoms with Gasteiger partial charge in [-0.15, -0.1) is 0 Å². The van der Waals surface area contributed by atoms with E-state index < -0.39 is 23.6 Å². The van der Waals surface area contributed by atoms with E-state index in [0.717, 1.165) is 22.9 Å². The molecule has 2 aromatic carbocycles. The summed E-state index contributed by atoms with van der Waals surface area (Å²) in [5.74, 6) is -1.21. The van der Waals surface area contributed by atoms with Gasteiger partial charge >= 0.3 is 12.1 Å². The zero-order chi connectivity index (χ0) is 19.1. The van der Waals surface area contributed by atoms with E-state index in [9.17, 15) is 18.0 Å². The molecule has 0 bridgehead atoms. The van der Waals surface area contributed by atoms with Crippen LogP contribution in [0.3, 0.4) is 0 Å². The quantitative estimate of drug-likeness (QED) is 0.851. The molecule has 0 aliphatic carbocycles. The normalized spacial score (nSPS) is 15.0. The fraction of sp³-hybridized carbons (Fsp3) is 0.350. The molecule has 0 amide bonds. The molecule has 3 nitrogen and oxygen atoms in total. The third kappa shape index (κ3) is 3.41. The van der Waals surface area contributed by atoms with Crippen molar-refractivity contribution in [3.63, 3.8) is 0 Å². The summed E-state index contributed by atoms with van der Waals surface area (Å²) >= 11 is 0. The largest absolute Gasteiger partial charge is 0.481 e. The van der Waals surface area contributed by atoms with Crippen LogP contribution < -0.4 is 4.90 Å². The van der Waals surface area contributed by atoms with Crippen molar-refractivity contribution in [2.45, 2.75) is 26.4 Å². The first-order valence-corrected chi connectivity index (χ1v) is 8.49. The van der Waals surface area contributed by atoms with E-state index in [-0.39, 0.29) is 12.0 Å². The van der Waals surface area contributed by atoms with E-state index in [1.807, 2.05) is 30.0 Å². The number of aryl methyl sites for hydroxylation is 1. The lowest BCUT2D eigenvalue weighted by atomic mass is 9.91. The van der Waals surface area contributed by atoms with Crippen LogP contribution in [-0.4, -0.2) is 24.2 Å². The molecule has 2 aromatic rings. The molecule has 138 valence electrons. The Bertz CT molecular complexity index is 839. The molecule has 1 aliphatic rings. The van der Waals surface area contributed by atoms with E-state index in [2.05, 4.69) is 0 Å². The number of benzene rings is 2. The monoisotopic (exact) mass is 363 g/mol. The zero-order valence-electron chi connectivity index (χ0n) is 14.6. The van der Waals surface area contributed by atoms with E-state index in [1.54, 1.807) is 13.0 Å². The lowest BCUT2D eigenvalue weighted by molar-refractivity contribution is -0.142. The van der Waals surface area contributed by atoms with Crippen LogP contribution in [0.1, 0.15) is 23.6 Å². The average Bonchev–Trinajstić information content (AvgIpc) is 2.50. The Balaban J connectivity index is 2.02. The number of nitrogens with zero attached hydrogens (tertiary/aromatic N) is 1. The van der Waals surface area contributed by atoms with Crippen molar-refractivity contribution in [2.75, 3.05) is 18.0 Å². The number of carboxylic acid groups (broad SMARTS) is 1. The summed E-state index contributed by atoms with van der Waals surface area (Å²) < 4.78 is 40.0. The second-order valence-electron chi connectivity index (χ2n) is 6.68. The van der Waals surface area contributed by atoms with E-state index in [4.69, 9.17) is 5.11 Å². The van der Waals surface area contributed by atoms with Gasteiger partial charge in [0.1, 0.15) is 0 Å². The smallest absolute Gasteiger partial charge is 0.416 e. The van der Waals surface area contributed by atoms with Crippen molar-refractivity contribution in [2.24, 2.45) is 5.92 Å². The number of aliphatic carboxylic acids is 1. The predicted octanol–water partition coefficient (Wildman–Crippen LogP) is 4.76. The van der Waals surface area contributed by atoms with Crippen molar-refractivity contribution in [3.8, 4) is 11.1 Å². The van der Waals surface area contributed by atoms with Crippen LogP contribution in [0.2, 0.25) is 0 Å². The third-order valence-electron chi connectivity index (χ3n) is 4.80. The fourth-order valence-corrected chi connectivity index (χ4v) is 3.45. The highest BCUT2D eigenvalue weighted by molar-refractivity contribution is 5.77.